The molecule has 1 atom stereocenters. The van der Waals surface area contributed by atoms with Crippen molar-refractivity contribution in [3.05, 3.63) is 35.9 Å². The summed E-state index contributed by atoms with van der Waals surface area (Å²) in [5.41, 5.74) is 0.861. The van der Waals surface area contributed by atoms with Crippen LogP contribution in [0.3, 0.4) is 0 Å². The van der Waals surface area contributed by atoms with Crippen LogP contribution < -0.4 is 0 Å². The van der Waals surface area contributed by atoms with Crippen LogP contribution in [0.25, 0.3) is 0 Å². The molecule has 1 unspecified atom stereocenters. The molecule has 1 N–H and O–H groups in total. The third-order valence-corrected chi connectivity index (χ3v) is 3.46. The highest BCUT2D eigenvalue weighted by molar-refractivity contribution is 7.99. The van der Waals surface area contributed by atoms with Crippen LogP contribution in [0, 0.1) is 0 Å². The Morgan fingerprint density at radius 3 is 2.31 bits per heavy atom. The molecule has 1 aromatic carbocycles. The molecule has 0 heterocycles. The average Bonchev–Trinajstić information content (AvgIpc) is 2.24. The number of hydrogen-bond acceptors (Lipinski definition) is 2. The van der Waals surface area contributed by atoms with Crippen LogP contribution in [0.4, 0.5) is 13.2 Å². The topological polar surface area (TPSA) is 20.2 Å². The summed E-state index contributed by atoms with van der Waals surface area (Å²) in [7, 11) is 0. The van der Waals surface area contributed by atoms with Crippen molar-refractivity contribution in [2.75, 3.05) is 6.61 Å². The first-order valence-electron chi connectivity index (χ1n) is 4.87. The lowest BCUT2D eigenvalue weighted by Gasteiger charge is -2.18. The quantitative estimate of drug-likeness (QED) is 0.865. The van der Waals surface area contributed by atoms with E-state index in [1.807, 2.05) is 6.07 Å². The predicted molar refractivity (Wildman–Crippen MR) is 59.3 cm³/mol. The molecule has 0 radical (unpaired) electrons. The van der Waals surface area contributed by atoms with Gasteiger partial charge in [-0.2, -0.15) is 13.2 Å². The van der Waals surface area contributed by atoms with E-state index < -0.39 is 18.0 Å². The van der Waals surface area contributed by atoms with Crippen molar-refractivity contribution in [2.24, 2.45) is 0 Å². The number of rotatable bonds is 5. The van der Waals surface area contributed by atoms with E-state index in [-0.39, 0.29) is 6.42 Å². The van der Waals surface area contributed by atoms with Crippen molar-refractivity contribution in [1.82, 2.24) is 0 Å². The number of benzene rings is 1. The molecule has 1 rings (SSSR count). The van der Waals surface area contributed by atoms with Gasteiger partial charge in [-0.25, -0.2) is 0 Å². The predicted octanol–water partition coefficient (Wildman–Crippen LogP) is 3.23. The Kier molecular flexibility index (Phi) is 5.15. The standard InChI is InChI=1S/C11H13F3OS/c12-11(13,14)10(6-7-15)16-8-9-4-2-1-3-5-9/h1-5,10,15H,6-8H2. The fraction of sp³-hybridized carbons (Fsp3) is 0.455. The first-order valence-corrected chi connectivity index (χ1v) is 5.92. The van der Waals surface area contributed by atoms with Gasteiger partial charge in [-0.3, -0.25) is 0 Å². The highest BCUT2D eigenvalue weighted by atomic mass is 32.2. The normalized spacial score (nSPS) is 13.8. The maximum Gasteiger partial charge on any atom is 0.400 e. The van der Waals surface area contributed by atoms with Crippen LogP contribution in [0.5, 0.6) is 0 Å². The maximum absolute atomic E-state index is 12.5. The van der Waals surface area contributed by atoms with Crippen LogP contribution in [0.15, 0.2) is 30.3 Å². The molecule has 0 fully saturated rings. The second-order valence-corrected chi connectivity index (χ2v) is 4.53. The fourth-order valence-corrected chi connectivity index (χ4v) is 2.28. The van der Waals surface area contributed by atoms with E-state index in [1.165, 1.54) is 0 Å². The van der Waals surface area contributed by atoms with Gasteiger partial charge in [0.25, 0.3) is 0 Å². The summed E-state index contributed by atoms with van der Waals surface area (Å²) in [6.45, 7) is -0.439. The maximum atomic E-state index is 12.5. The molecule has 1 aromatic rings. The van der Waals surface area contributed by atoms with Crippen LogP contribution >= 0.6 is 11.8 Å². The lowest BCUT2D eigenvalue weighted by atomic mass is 10.2. The number of aliphatic hydroxyl groups excluding tert-OH is 1. The zero-order valence-corrected chi connectivity index (χ0v) is 9.39. The summed E-state index contributed by atoms with van der Waals surface area (Å²) >= 11 is 0.821. The number of hydrogen-bond donors (Lipinski definition) is 1. The van der Waals surface area contributed by atoms with Crippen molar-refractivity contribution < 1.29 is 18.3 Å². The number of alkyl halides is 3. The molecule has 90 valence electrons. The van der Waals surface area contributed by atoms with Crippen LogP contribution in [-0.2, 0) is 5.75 Å². The van der Waals surface area contributed by atoms with Gasteiger partial charge in [-0.05, 0) is 12.0 Å². The van der Waals surface area contributed by atoms with Crippen LogP contribution in [0.1, 0.15) is 12.0 Å². The van der Waals surface area contributed by atoms with Crippen molar-refractivity contribution in [3.8, 4) is 0 Å². The van der Waals surface area contributed by atoms with E-state index in [2.05, 4.69) is 0 Å². The van der Waals surface area contributed by atoms with Crippen molar-refractivity contribution in [2.45, 2.75) is 23.6 Å². The van der Waals surface area contributed by atoms with Gasteiger partial charge < -0.3 is 5.11 Å². The minimum atomic E-state index is -4.25. The molecule has 0 spiro atoms. The summed E-state index contributed by atoms with van der Waals surface area (Å²) < 4.78 is 37.4. The Bertz CT molecular complexity index is 300. The minimum Gasteiger partial charge on any atom is -0.396 e. The smallest absolute Gasteiger partial charge is 0.396 e. The lowest BCUT2D eigenvalue weighted by molar-refractivity contribution is -0.131. The van der Waals surface area contributed by atoms with Crippen molar-refractivity contribution in [1.29, 1.82) is 0 Å². The van der Waals surface area contributed by atoms with Gasteiger partial charge in [0.15, 0.2) is 0 Å². The van der Waals surface area contributed by atoms with Gasteiger partial charge in [0.1, 0.15) is 5.25 Å². The largest absolute Gasteiger partial charge is 0.400 e. The Morgan fingerprint density at radius 1 is 1.19 bits per heavy atom. The van der Waals surface area contributed by atoms with E-state index in [0.717, 1.165) is 17.3 Å². The highest BCUT2D eigenvalue weighted by Crippen LogP contribution is 2.34. The third-order valence-electron chi connectivity index (χ3n) is 2.05. The van der Waals surface area contributed by atoms with Crippen molar-refractivity contribution in [3.63, 3.8) is 0 Å². The number of halogens is 3. The number of thioether (sulfide) groups is 1. The SMILES string of the molecule is OCCC(SCc1ccccc1)C(F)(F)F. The molecule has 0 saturated carbocycles. The van der Waals surface area contributed by atoms with Gasteiger partial charge in [-0.1, -0.05) is 30.3 Å². The molecule has 16 heavy (non-hydrogen) atoms. The summed E-state index contributed by atoms with van der Waals surface area (Å²) in [6.07, 6.45) is -4.50. The molecule has 0 bridgehead atoms. The van der Waals surface area contributed by atoms with Crippen LogP contribution in [0.2, 0.25) is 0 Å². The van der Waals surface area contributed by atoms with Gasteiger partial charge in [-0.15, -0.1) is 11.8 Å². The van der Waals surface area contributed by atoms with E-state index in [4.69, 9.17) is 5.11 Å². The molecule has 0 aliphatic rings. The molecule has 0 aromatic heterocycles. The van der Waals surface area contributed by atoms with Gasteiger partial charge in [0.05, 0.1) is 0 Å². The Labute approximate surface area is 96.7 Å². The Hall–Kier alpha value is -0.680. The average molecular weight is 250 g/mol. The summed E-state index contributed by atoms with van der Waals surface area (Å²) in [4.78, 5) is 0. The molecule has 0 aliphatic carbocycles. The monoisotopic (exact) mass is 250 g/mol. The molecule has 5 heteroatoms. The molecule has 1 nitrogen and oxygen atoms in total. The van der Waals surface area contributed by atoms with E-state index in [0.29, 0.717) is 5.75 Å². The van der Waals surface area contributed by atoms with Gasteiger partial charge >= 0.3 is 6.18 Å². The van der Waals surface area contributed by atoms with Gasteiger partial charge in [0.2, 0.25) is 0 Å². The second kappa shape index (κ2) is 6.15. The number of aliphatic hydroxyl groups is 1. The van der Waals surface area contributed by atoms with Crippen LogP contribution in [-0.4, -0.2) is 23.1 Å². The Balaban J connectivity index is 2.51. The molecule has 0 aliphatic heterocycles. The van der Waals surface area contributed by atoms with Gasteiger partial charge in [0, 0.05) is 12.4 Å². The molecular formula is C11H13F3OS. The fourth-order valence-electron chi connectivity index (χ4n) is 1.23. The zero-order chi connectivity index (χ0) is 12.0. The zero-order valence-electron chi connectivity index (χ0n) is 8.57. The van der Waals surface area contributed by atoms with E-state index >= 15 is 0 Å². The highest BCUT2D eigenvalue weighted by Gasteiger charge is 2.39. The second-order valence-electron chi connectivity index (χ2n) is 3.34. The van der Waals surface area contributed by atoms with E-state index in [9.17, 15) is 13.2 Å². The molecule has 0 amide bonds. The summed E-state index contributed by atoms with van der Waals surface area (Å²) in [6, 6.07) is 9.00. The first kappa shape index (κ1) is 13.4. The van der Waals surface area contributed by atoms with E-state index in [1.54, 1.807) is 24.3 Å². The minimum absolute atomic E-state index is 0.249. The Morgan fingerprint density at radius 2 is 1.81 bits per heavy atom. The molecule has 0 saturated heterocycles. The van der Waals surface area contributed by atoms with Crippen molar-refractivity contribution >= 4 is 11.8 Å². The first-order chi connectivity index (χ1) is 7.54. The summed E-state index contributed by atoms with van der Waals surface area (Å²) in [5, 5.41) is 7.10. The third kappa shape index (κ3) is 4.45. The lowest BCUT2D eigenvalue weighted by Crippen LogP contribution is -2.26. The molecular weight excluding hydrogens is 237 g/mol. The summed E-state index contributed by atoms with van der Waals surface area (Å²) in [5.74, 6) is 0.311.